The number of halogens is 7. The summed E-state index contributed by atoms with van der Waals surface area (Å²) in [6.07, 6.45) is -8.83. The van der Waals surface area contributed by atoms with Crippen molar-refractivity contribution < 1.29 is 31.1 Å². The molecule has 1 heterocycles. The van der Waals surface area contributed by atoms with Gasteiger partial charge in [0.2, 0.25) is 0 Å². The number of hydrogen-bond donors (Lipinski definition) is 1. The standard InChI is InChI=1S/C22H23F6NO.ClH/c1-14-4-2-3-5-19(14)20-6-7-29-11-16(20)13-30-12-15-8-17(21(23,24)25)10-18(9-15)22(26,27)28;/h2-5,8-10,16,20,29H,6-7,11-13H2,1H3;1H/t16-,20+;/m1./s1. The van der Waals surface area contributed by atoms with Gasteiger partial charge >= 0.3 is 12.4 Å². The molecule has 2 aromatic carbocycles. The van der Waals surface area contributed by atoms with Crippen LogP contribution in [-0.2, 0) is 23.7 Å². The van der Waals surface area contributed by atoms with Crippen molar-refractivity contribution in [2.45, 2.75) is 38.2 Å². The maximum atomic E-state index is 13.0. The van der Waals surface area contributed by atoms with Crippen molar-refractivity contribution in [3.8, 4) is 0 Å². The second-order valence-electron chi connectivity index (χ2n) is 7.65. The van der Waals surface area contributed by atoms with Crippen molar-refractivity contribution >= 4 is 12.4 Å². The average Bonchev–Trinajstić information content (AvgIpc) is 2.67. The van der Waals surface area contributed by atoms with E-state index >= 15 is 0 Å². The van der Waals surface area contributed by atoms with Crippen molar-refractivity contribution in [1.29, 1.82) is 0 Å². The van der Waals surface area contributed by atoms with Crippen LogP contribution >= 0.6 is 12.4 Å². The topological polar surface area (TPSA) is 21.3 Å². The molecule has 0 aliphatic carbocycles. The van der Waals surface area contributed by atoms with Crippen molar-refractivity contribution in [3.05, 3.63) is 70.3 Å². The molecule has 2 atom stereocenters. The zero-order valence-electron chi connectivity index (χ0n) is 16.8. The molecule has 172 valence electrons. The second-order valence-corrected chi connectivity index (χ2v) is 7.65. The summed E-state index contributed by atoms with van der Waals surface area (Å²) >= 11 is 0. The van der Waals surface area contributed by atoms with Gasteiger partial charge in [0.05, 0.1) is 24.3 Å². The maximum absolute atomic E-state index is 13.0. The van der Waals surface area contributed by atoms with Crippen molar-refractivity contribution in [1.82, 2.24) is 5.32 Å². The van der Waals surface area contributed by atoms with E-state index in [0.717, 1.165) is 18.5 Å². The number of benzene rings is 2. The van der Waals surface area contributed by atoms with Crippen molar-refractivity contribution in [3.63, 3.8) is 0 Å². The summed E-state index contributed by atoms with van der Waals surface area (Å²) in [5, 5.41) is 3.28. The molecule has 9 heteroatoms. The summed E-state index contributed by atoms with van der Waals surface area (Å²) in [4.78, 5) is 0. The van der Waals surface area contributed by atoms with Crippen LogP contribution in [0.2, 0.25) is 0 Å². The molecule has 0 unspecified atom stereocenters. The van der Waals surface area contributed by atoms with Gasteiger partial charge in [-0.15, -0.1) is 12.4 Å². The lowest BCUT2D eigenvalue weighted by Crippen LogP contribution is -2.38. The van der Waals surface area contributed by atoms with Gasteiger partial charge in [0.15, 0.2) is 0 Å². The second kappa shape index (κ2) is 10.2. The summed E-state index contributed by atoms with van der Waals surface area (Å²) < 4.78 is 83.7. The molecule has 0 radical (unpaired) electrons. The number of hydrogen-bond acceptors (Lipinski definition) is 2. The first kappa shape index (κ1) is 25.5. The normalized spacial score (nSPS) is 19.7. The predicted octanol–water partition coefficient (Wildman–Crippen LogP) is 6.36. The molecule has 2 nitrogen and oxygen atoms in total. The van der Waals surface area contributed by atoms with Gasteiger partial charge in [-0.3, -0.25) is 0 Å². The Morgan fingerprint density at radius 1 is 0.968 bits per heavy atom. The maximum Gasteiger partial charge on any atom is 0.416 e. The lowest BCUT2D eigenvalue weighted by molar-refractivity contribution is -0.143. The Morgan fingerprint density at radius 2 is 1.58 bits per heavy atom. The largest absolute Gasteiger partial charge is 0.416 e. The molecule has 31 heavy (non-hydrogen) atoms. The Morgan fingerprint density at radius 3 is 2.16 bits per heavy atom. The zero-order valence-corrected chi connectivity index (χ0v) is 17.6. The van der Waals surface area contributed by atoms with Gasteiger partial charge in [-0.2, -0.15) is 26.3 Å². The number of piperidine rings is 1. The fourth-order valence-corrected chi connectivity index (χ4v) is 3.94. The quantitative estimate of drug-likeness (QED) is 0.516. The Bertz CT molecular complexity index is 836. The van der Waals surface area contributed by atoms with Crippen molar-refractivity contribution in [2.75, 3.05) is 19.7 Å². The lowest BCUT2D eigenvalue weighted by atomic mass is 9.80. The molecule has 1 N–H and O–H groups in total. The van der Waals surface area contributed by atoms with Crippen LogP contribution in [-0.4, -0.2) is 19.7 Å². The van der Waals surface area contributed by atoms with E-state index in [2.05, 4.69) is 11.4 Å². The molecule has 1 saturated heterocycles. The molecule has 0 bridgehead atoms. The summed E-state index contributed by atoms with van der Waals surface area (Å²) in [7, 11) is 0. The highest BCUT2D eigenvalue weighted by atomic mass is 35.5. The monoisotopic (exact) mass is 467 g/mol. The van der Waals surface area contributed by atoms with E-state index in [1.54, 1.807) is 0 Å². The van der Waals surface area contributed by atoms with Gasteiger partial charge in [-0.05, 0) is 60.7 Å². The summed E-state index contributed by atoms with van der Waals surface area (Å²) in [6, 6.07) is 9.56. The van der Waals surface area contributed by atoms with Gasteiger partial charge in [0, 0.05) is 12.5 Å². The minimum Gasteiger partial charge on any atom is -0.376 e. The minimum atomic E-state index is -4.86. The van der Waals surface area contributed by atoms with E-state index in [-0.39, 0.29) is 49.1 Å². The fourth-order valence-electron chi connectivity index (χ4n) is 3.94. The van der Waals surface area contributed by atoms with Crippen LogP contribution in [0.4, 0.5) is 26.3 Å². The first-order chi connectivity index (χ1) is 14.1. The van der Waals surface area contributed by atoms with E-state index in [0.29, 0.717) is 18.7 Å². The van der Waals surface area contributed by atoms with E-state index in [4.69, 9.17) is 4.74 Å². The lowest BCUT2D eigenvalue weighted by Gasteiger charge is -2.33. The highest BCUT2D eigenvalue weighted by Crippen LogP contribution is 2.37. The van der Waals surface area contributed by atoms with Crippen LogP contribution in [0.1, 0.15) is 40.2 Å². The molecule has 1 aliphatic rings. The minimum absolute atomic E-state index is 0. The van der Waals surface area contributed by atoms with E-state index in [1.165, 1.54) is 5.56 Å². The first-order valence-electron chi connectivity index (χ1n) is 9.68. The summed E-state index contributed by atoms with van der Waals surface area (Å²) in [5.74, 6) is 0.299. The van der Waals surface area contributed by atoms with Gasteiger partial charge in [0.1, 0.15) is 0 Å². The highest BCUT2D eigenvalue weighted by Gasteiger charge is 2.37. The molecule has 0 saturated carbocycles. The Kier molecular flexibility index (Phi) is 8.41. The van der Waals surface area contributed by atoms with Gasteiger partial charge in [-0.1, -0.05) is 24.3 Å². The zero-order chi connectivity index (χ0) is 21.9. The molecule has 2 aromatic rings. The summed E-state index contributed by atoms with van der Waals surface area (Å²) in [6.45, 7) is 3.47. The first-order valence-corrected chi connectivity index (χ1v) is 9.68. The van der Waals surface area contributed by atoms with Gasteiger partial charge in [0.25, 0.3) is 0 Å². The number of aryl methyl sites for hydroxylation is 1. The van der Waals surface area contributed by atoms with Gasteiger partial charge in [-0.25, -0.2) is 0 Å². The number of rotatable bonds is 5. The van der Waals surface area contributed by atoms with E-state index in [9.17, 15) is 26.3 Å². The van der Waals surface area contributed by atoms with E-state index < -0.39 is 23.5 Å². The fraction of sp³-hybridized carbons (Fsp3) is 0.455. The number of nitrogens with one attached hydrogen (secondary N) is 1. The van der Waals surface area contributed by atoms with Crippen LogP contribution in [0.3, 0.4) is 0 Å². The van der Waals surface area contributed by atoms with Gasteiger partial charge < -0.3 is 10.1 Å². The molecule has 0 aromatic heterocycles. The number of ether oxygens (including phenoxy) is 1. The highest BCUT2D eigenvalue weighted by molar-refractivity contribution is 5.85. The molecular formula is C22H24ClF6NO. The van der Waals surface area contributed by atoms with Crippen molar-refractivity contribution in [2.24, 2.45) is 5.92 Å². The predicted molar refractivity (Wildman–Crippen MR) is 108 cm³/mol. The Labute approximate surface area is 183 Å². The molecule has 3 rings (SSSR count). The Balaban J connectivity index is 0.00000341. The molecule has 0 spiro atoms. The number of alkyl halides is 6. The smallest absolute Gasteiger partial charge is 0.376 e. The molecule has 1 aliphatic heterocycles. The third kappa shape index (κ3) is 6.60. The Hall–Kier alpha value is -1.77. The third-order valence-electron chi connectivity index (χ3n) is 5.44. The average molecular weight is 468 g/mol. The third-order valence-corrected chi connectivity index (χ3v) is 5.44. The molecular weight excluding hydrogens is 444 g/mol. The van der Waals surface area contributed by atoms with Crippen LogP contribution in [0.15, 0.2) is 42.5 Å². The van der Waals surface area contributed by atoms with Crippen LogP contribution < -0.4 is 5.32 Å². The van der Waals surface area contributed by atoms with Crippen LogP contribution in [0.5, 0.6) is 0 Å². The van der Waals surface area contributed by atoms with Crippen LogP contribution in [0, 0.1) is 12.8 Å². The molecule has 1 fully saturated rings. The van der Waals surface area contributed by atoms with E-state index in [1.807, 2.05) is 25.1 Å². The SMILES string of the molecule is Cc1ccccc1[C@H]1CCNC[C@@H]1COCc1cc(C(F)(F)F)cc(C(F)(F)F)c1.Cl. The van der Waals surface area contributed by atoms with Crippen LogP contribution in [0.25, 0.3) is 0 Å². The summed E-state index contributed by atoms with van der Waals surface area (Å²) in [5.41, 5.74) is -0.442. The molecule has 0 amide bonds.